The molecule has 0 unspecified atom stereocenters. The number of aryl methyl sites for hydroxylation is 1. The highest BCUT2D eigenvalue weighted by atomic mass is 15.5. The fourth-order valence-corrected chi connectivity index (χ4v) is 1.04. The van der Waals surface area contributed by atoms with E-state index in [1.807, 2.05) is 32.0 Å². The van der Waals surface area contributed by atoms with Crippen molar-refractivity contribution in [3.05, 3.63) is 36.2 Å². The van der Waals surface area contributed by atoms with Crippen molar-refractivity contribution in [1.82, 2.24) is 4.98 Å². The van der Waals surface area contributed by atoms with E-state index in [4.69, 9.17) is 0 Å². The molecule has 0 radical (unpaired) electrons. The summed E-state index contributed by atoms with van der Waals surface area (Å²) in [5.41, 5.74) is 1.75. The van der Waals surface area contributed by atoms with Crippen molar-refractivity contribution in [3.8, 4) is 0 Å². The molecule has 1 aromatic rings. The third-order valence-electron chi connectivity index (χ3n) is 1.59. The van der Waals surface area contributed by atoms with Gasteiger partial charge in [0.1, 0.15) is 0 Å². The van der Waals surface area contributed by atoms with Gasteiger partial charge in [-0.25, -0.2) is 9.99 Å². The molecular weight excluding hydrogens is 162 g/mol. The van der Waals surface area contributed by atoms with Gasteiger partial charge in [0.05, 0.1) is 0 Å². The predicted octanol–water partition coefficient (Wildman–Crippen LogP) is 2.35. The number of hydrogen-bond acceptors (Lipinski definition) is 3. The van der Waals surface area contributed by atoms with Crippen LogP contribution >= 0.6 is 0 Å². The summed E-state index contributed by atoms with van der Waals surface area (Å²) in [6.07, 6.45) is 0. The largest absolute Gasteiger partial charge is 0.234 e. The Labute approximate surface area is 78.4 Å². The van der Waals surface area contributed by atoms with Crippen LogP contribution < -0.4 is 5.01 Å². The summed E-state index contributed by atoms with van der Waals surface area (Å²) in [6, 6.07) is 5.73. The second-order valence-corrected chi connectivity index (χ2v) is 2.83. The van der Waals surface area contributed by atoms with Crippen molar-refractivity contribution >= 4 is 12.5 Å². The predicted molar refractivity (Wildman–Crippen MR) is 55.8 cm³/mol. The molecule has 3 nitrogen and oxygen atoms in total. The van der Waals surface area contributed by atoms with Gasteiger partial charge in [-0.05, 0) is 26.0 Å². The molecule has 3 heteroatoms. The maximum absolute atomic E-state index is 4.30. The van der Waals surface area contributed by atoms with Crippen molar-refractivity contribution < 1.29 is 0 Å². The first-order chi connectivity index (χ1) is 6.15. The Kier molecular flexibility index (Phi) is 2.80. The molecule has 0 fully saturated rings. The molecule has 68 valence electrons. The van der Waals surface area contributed by atoms with Crippen molar-refractivity contribution in [2.45, 2.75) is 13.8 Å². The number of hydrogen-bond donors (Lipinski definition) is 0. The highest BCUT2D eigenvalue weighted by Crippen LogP contribution is 2.15. The van der Waals surface area contributed by atoms with Crippen LogP contribution in [0.2, 0.25) is 0 Å². The Morgan fingerprint density at radius 1 is 1.54 bits per heavy atom. The van der Waals surface area contributed by atoms with Crippen LogP contribution in [0.15, 0.2) is 35.6 Å². The van der Waals surface area contributed by atoms with Gasteiger partial charge < -0.3 is 0 Å². The molecule has 1 aromatic heterocycles. The molecule has 1 rings (SSSR count). The Balaban J connectivity index is 3.04. The minimum Gasteiger partial charge on any atom is -0.234 e. The van der Waals surface area contributed by atoms with E-state index in [1.165, 1.54) is 0 Å². The number of aromatic nitrogens is 1. The molecule has 13 heavy (non-hydrogen) atoms. The molecular formula is C10H13N3. The summed E-state index contributed by atoms with van der Waals surface area (Å²) in [7, 11) is 0. The van der Waals surface area contributed by atoms with Crippen LogP contribution in [-0.2, 0) is 0 Å². The van der Waals surface area contributed by atoms with E-state index >= 15 is 0 Å². The fraction of sp³-hybridized carbons (Fsp3) is 0.200. The van der Waals surface area contributed by atoms with E-state index in [1.54, 1.807) is 5.01 Å². The average Bonchev–Trinajstić information content (AvgIpc) is 2.04. The number of anilines is 1. The minimum absolute atomic E-state index is 0.752. The third kappa shape index (κ3) is 2.15. The average molecular weight is 175 g/mol. The van der Waals surface area contributed by atoms with E-state index in [0.717, 1.165) is 17.2 Å². The summed E-state index contributed by atoms with van der Waals surface area (Å²) >= 11 is 0. The first-order valence-electron chi connectivity index (χ1n) is 4.01. The molecule has 0 bridgehead atoms. The Morgan fingerprint density at radius 3 is 2.69 bits per heavy atom. The van der Waals surface area contributed by atoms with E-state index in [2.05, 4.69) is 23.4 Å². The van der Waals surface area contributed by atoms with Gasteiger partial charge in [-0.15, -0.1) is 0 Å². The SMILES string of the molecule is C=NN(C(=C)C)c1cccc(C)n1. The molecule has 0 saturated carbocycles. The standard InChI is InChI=1S/C10H13N3/c1-8(2)13(11-4)10-7-5-6-9(3)12-10/h5-7H,1,4H2,2-3H3. The van der Waals surface area contributed by atoms with E-state index in [-0.39, 0.29) is 0 Å². The highest BCUT2D eigenvalue weighted by Gasteiger charge is 2.04. The maximum atomic E-state index is 4.30. The van der Waals surface area contributed by atoms with Crippen LogP contribution in [0.25, 0.3) is 0 Å². The smallest absolute Gasteiger partial charge is 0.153 e. The zero-order valence-corrected chi connectivity index (χ0v) is 7.99. The lowest BCUT2D eigenvalue weighted by Crippen LogP contribution is -2.13. The number of rotatable bonds is 3. The Morgan fingerprint density at radius 2 is 2.23 bits per heavy atom. The zero-order valence-electron chi connectivity index (χ0n) is 7.99. The normalized spacial score (nSPS) is 9.38. The van der Waals surface area contributed by atoms with Gasteiger partial charge in [0.25, 0.3) is 0 Å². The van der Waals surface area contributed by atoms with Gasteiger partial charge in [0.2, 0.25) is 0 Å². The lowest BCUT2D eigenvalue weighted by molar-refractivity contribution is 0.965. The number of hydrazone groups is 1. The van der Waals surface area contributed by atoms with Gasteiger partial charge >= 0.3 is 0 Å². The fourth-order valence-electron chi connectivity index (χ4n) is 1.04. The zero-order chi connectivity index (χ0) is 9.84. The van der Waals surface area contributed by atoms with Crippen LogP contribution in [0.1, 0.15) is 12.6 Å². The Bertz CT molecular complexity index is 331. The van der Waals surface area contributed by atoms with Crippen molar-refractivity contribution in [2.24, 2.45) is 5.10 Å². The van der Waals surface area contributed by atoms with Crippen LogP contribution in [0.3, 0.4) is 0 Å². The first-order valence-corrected chi connectivity index (χ1v) is 4.01. The molecule has 0 atom stereocenters. The van der Waals surface area contributed by atoms with Crippen molar-refractivity contribution in [3.63, 3.8) is 0 Å². The minimum atomic E-state index is 0.752. The number of nitrogens with zero attached hydrogens (tertiary/aromatic N) is 3. The van der Waals surface area contributed by atoms with Gasteiger partial charge in [0.15, 0.2) is 5.82 Å². The van der Waals surface area contributed by atoms with Gasteiger partial charge in [-0.1, -0.05) is 12.6 Å². The van der Waals surface area contributed by atoms with E-state index in [9.17, 15) is 0 Å². The summed E-state index contributed by atoms with van der Waals surface area (Å²) in [5.74, 6) is 0.752. The van der Waals surface area contributed by atoms with Crippen molar-refractivity contribution in [2.75, 3.05) is 5.01 Å². The monoisotopic (exact) mass is 175 g/mol. The molecule has 0 aliphatic heterocycles. The molecule has 0 saturated heterocycles. The number of allylic oxidation sites excluding steroid dienone is 1. The molecule has 0 N–H and O–H groups in total. The second kappa shape index (κ2) is 3.85. The summed E-state index contributed by atoms with van der Waals surface area (Å²) in [6.45, 7) is 11.0. The van der Waals surface area contributed by atoms with Crippen LogP contribution in [0.4, 0.5) is 5.82 Å². The lowest BCUT2D eigenvalue weighted by atomic mass is 10.3. The molecule has 0 aliphatic rings. The molecule has 0 spiro atoms. The van der Waals surface area contributed by atoms with Gasteiger partial charge in [0, 0.05) is 18.1 Å². The van der Waals surface area contributed by atoms with Crippen molar-refractivity contribution in [1.29, 1.82) is 0 Å². The summed E-state index contributed by atoms with van der Waals surface area (Å²) in [4.78, 5) is 4.30. The molecule has 0 aliphatic carbocycles. The molecule has 0 amide bonds. The summed E-state index contributed by atoms with van der Waals surface area (Å²) < 4.78 is 0. The topological polar surface area (TPSA) is 28.5 Å². The van der Waals surface area contributed by atoms with Crippen LogP contribution in [0.5, 0.6) is 0 Å². The second-order valence-electron chi connectivity index (χ2n) is 2.83. The quantitative estimate of drug-likeness (QED) is 0.521. The van der Waals surface area contributed by atoms with Crippen LogP contribution in [-0.4, -0.2) is 11.7 Å². The van der Waals surface area contributed by atoms with E-state index in [0.29, 0.717) is 0 Å². The molecule has 0 aromatic carbocycles. The van der Waals surface area contributed by atoms with E-state index < -0.39 is 0 Å². The maximum Gasteiger partial charge on any atom is 0.153 e. The Hall–Kier alpha value is -1.64. The van der Waals surface area contributed by atoms with Gasteiger partial charge in [-0.2, -0.15) is 5.10 Å². The third-order valence-corrected chi connectivity index (χ3v) is 1.59. The first kappa shape index (κ1) is 9.45. The van der Waals surface area contributed by atoms with Crippen LogP contribution in [0, 0.1) is 6.92 Å². The highest BCUT2D eigenvalue weighted by molar-refractivity contribution is 5.46. The number of pyridine rings is 1. The molecule has 1 heterocycles. The summed E-state index contributed by atoms with van der Waals surface area (Å²) in [5, 5.41) is 5.42. The lowest BCUT2D eigenvalue weighted by Gasteiger charge is -2.16. The van der Waals surface area contributed by atoms with Gasteiger partial charge in [-0.3, -0.25) is 0 Å².